The van der Waals surface area contributed by atoms with Gasteiger partial charge in [0.15, 0.2) is 0 Å². The highest BCUT2D eigenvalue weighted by Crippen LogP contribution is 2.37. The topological polar surface area (TPSA) is 106 Å². The third kappa shape index (κ3) is 6.60. The molecule has 0 aliphatic carbocycles. The largest absolute Gasteiger partial charge is 0.332 e. The molecule has 0 aliphatic heterocycles. The number of rotatable bonds is 9. The van der Waals surface area contributed by atoms with Gasteiger partial charge in [-0.05, 0) is 49.1 Å². The molecule has 0 unspecified atom stereocenters. The van der Waals surface area contributed by atoms with Crippen LogP contribution >= 0.6 is 11.3 Å². The molecular formula is C26H28FN5O3S2. The molecule has 37 heavy (non-hydrogen) atoms. The Morgan fingerprint density at radius 1 is 1.14 bits per heavy atom. The Morgan fingerprint density at radius 2 is 1.95 bits per heavy atom. The Kier molecular flexibility index (Phi) is 8.03. The van der Waals surface area contributed by atoms with E-state index >= 15 is 4.39 Å². The van der Waals surface area contributed by atoms with Crippen LogP contribution in [0.4, 0.5) is 9.18 Å². The van der Waals surface area contributed by atoms with Crippen molar-refractivity contribution in [2.24, 2.45) is 5.92 Å². The number of carbonyl (C=O) groups excluding carboxylic acids is 1. The number of carbonyl (C=O) groups is 1. The van der Waals surface area contributed by atoms with E-state index in [4.69, 9.17) is 0 Å². The molecule has 1 aromatic carbocycles. The van der Waals surface area contributed by atoms with Crippen LogP contribution in [0.25, 0.3) is 11.1 Å². The van der Waals surface area contributed by atoms with Crippen LogP contribution in [0, 0.1) is 18.7 Å². The van der Waals surface area contributed by atoms with Gasteiger partial charge in [-0.1, -0.05) is 32.0 Å². The van der Waals surface area contributed by atoms with Crippen molar-refractivity contribution in [2.45, 2.75) is 44.5 Å². The van der Waals surface area contributed by atoms with Crippen LogP contribution in [0.1, 0.15) is 35.8 Å². The fourth-order valence-electron chi connectivity index (χ4n) is 3.80. The number of imidazole rings is 1. The average molecular weight is 542 g/mol. The quantitative estimate of drug-likeness (QED) is 0.314. The van der Waals surface area contributed by atoms with E-state index in [1.165, 1.54) is 6.07 Å². The number of hydrogen-bond donors (Lipinski definition) is 2. The van der Waals surface area contributed by atoms with Gasteiger partial charge in [0, 0.05) is 34.6 Å². The van der Waals surface area contributed by atoms with Crippen LogP contribution in [0.2, 0.25) is 0 Å². The maximum atomic E-state index is 15.1. The lowest BCUT2D eigenvalue weighted by molar-refractivity contribution is 0.245. The number of hydrogen-bond acceptors (Lipinski definition) is 6. The van der Waals surface area contributed by atoms with Crippen molar-refractivity contribution in [3.05, 3.63) is 88.8 Å². The van der Waals surface area contributed by atoms with Crippen molar-refractivity contribution in [2.75, 3.05) is 0 Å². The summed E-state index contributed by atoms with van der Waals surface area (Å²) >= 11 is 1.08. The van der Waals surface area contributed by atoms with Crippen molar-refractivity contribution in [1.29, 1.82) is 0 Å². The van der Waals surface area contributed by atoms with Crippen LogP contribution in [-0.2, 0) is 29.5 Å². The molecule has 0 saturated heterocycles. The molecule has 11 heteroatoms. The van der Waals surface area contributed by atoms with Crippen molar-refractivity contribution < 1.29 is 17.6 Å². The number of aryl methyl sites for hydroxylation is 1. The first-order valence-corrected chi connectivity index (χ1v) is 14.0. The van der Waals surface area contributed by atoms with Gasteiger partial charge in [-0.25, -0.2) is 27.3 Å². The minimum absolute atomic E-state index is 0.0336. The van der Waals surface area contributed by atoms with E-state index in [-0.39, 0.29) is 16.7 Å². The molecule has 3 aromatic heterocycles. The number of urea groups is 1. The summed E-state index contributed by atoms with van der Waals surface area (Å²) < 4.78 is 45.5. The van der Waals surface area contributed by atoms with Gasteiger partial charge in [0.05, 0.1) is 18.8 Å². The summed E-state index contributed by atoms with van der Waals surface area (Å²) in [5, 5.41) is 2.51. The highest BCUT2D eigenvalue weighted by molar-refractivity contribution is 7.92. The molecule has 0 atom stereocenters. The van der Waals surface area contributed by atoms with Gasteiger partial charge in [-0.15, -0.1) is 11.3 Å². The molecular weight excluding hydrogens is 513 g/mol. The fraction of sp³-hybridized carbons (Fsp3) is 0.269. The van der Waals surface area contributed by atoms with Crippen molar-refractivity contribution in [1.82, 2.24) is 24.6 Å². The first-order chi connectivity index (χ1) is 17.6. The van der Waals surface area contributed by atoms with E-state index in [0.29, 0.717) is 35.3 Å². The Bertz CT molecular complexity index is 1500. The van der Waals surface area contributed by atoms with Crippen molar-refractivity contribution >= 4 is 27.4 Å². The SMILES string of the molecule is Cc1nccn1Cc1ccc(-c2cc(CC(C)C)sc2S(=O)(=O)NC(=O)NCc2ccccn2)cc1F. The number of nitrogens with one attached hydrogen (secondary N) is 2. The van der Waals surface area contributed by atoms with Gasteiger partial charge in [0.2, 0.25) is 0 Å². The third-order valence-electron chi connectivity index (χ3n) is 5.61. The Morgan fingerprint density at radius 3 is 2.59 bits per heavy atom. The second-order valence-corrected chi connectivity index (χ2v) is 12.0. The van der Waals surface area contributed by atoms with E-state index in [2.05, 4.69) is 20.0 Å². The maximum Gasteiger partial charge on any atom is 0.329 e. The summed E-state index contributed by atoms with van der Waals surface area (Å²) in [4.78, 5) is 21.5. The summed E-state index contributed by atoms with van der Waals surface area (Å²) in [6.07, 6.45) is 5.66. The van der Waals surface area contributed by atoms with Gasteiger partial charge in [-0.3, -0.25) is 4.98 Å². The van der Waals surface area contributed by atoms with Gasteiger partial charge in [0.25, 0.3) is 10.0 Å². The number of pyridine rings is 1. The van der Waals surface area contributed by atoms with Gasteiger partial charge in [-0.2, -0.15) is 0 Å². The smallest absolute Gasteiger partial charge is 0.329 e. The normalized spacial score (nSPS) is 11.6. The first kappa shape index (κ1) is 26.5. The first-order valence-electron chi connectivity index (χ1n) is 11.7. The lowest BCUT2D eigenvalue weighted by Crippen LogP contribution is -2.39. The molecule has 0 saturated carbocycles. The predicted octanol–water partition coefficient (Wildman–Crippen LogP) is 4.89. The van der Waals surface area contributed by atoms with E-state index in [1.54, 1.807) is 55.0 Å². The van der Waals surface area contributed by atoms with Crippen LogP contribution in [-0.4, -0.2) is 29.0 Å². The van der Waals surface area contributed by atoms with E-state index in [1.807, 2.05) is 25.3 Å². The molecule has 4 aromatic rings. The number of thiophene rings is 1. The highest BCUT2D eigenvalue weighted by Gasteiger charge is 2.26. The average Bonchev–Trinajstić information content (AvgIpc) is 3.45. The number of halogens is 1. The zero-order valence-corrected chi connectivity index (χ0v) is 22.4. The minimum atomic E-state index is -4.23. The van der Waals surface area contributed by atoms with Crippen LogP contribution in [0.15, 0.2) is 65.3 Å². The second-order valence-electron chi connectivity index (χ2n) is 9.03. The van der Waals surface area contributed by atoms with Crippen LogP contribution < -0.4 is 10.0 Å². The Hall–Kier alpha value is -3.57. The van der Waals surface area contributed by atoms with Gasteiger partial charge < -0.3 is 9.88 Å². The number of amides is 2. The summed E-state index contributed by atoms with van der Waals surface area (Å²) in [6, 6.07) is 10.8. The molecule has 0 bridgehead atoms. The molecule has 0 spiro atoms. The van der Waals surface area contributed by atoms with Crippen molar-refractivity contribution in [3.8, 4) is 11.1 Å². The molecule has 3 heterocycles. The molecule has 8 nitrogen and oxygen atoms in total. The van der Waals surface area contributed by atoms with E-state index in [0.717, 1.165) is 22.0 Å². The maximum absolute atomic E-state index is 15.1. The summed E-state index contributed by atoms with van der Waals surface area (Å²) in [6.45, 7) is 6.28. The van der Waals surface area contributed by atoms with E-state index < -0.39 is 21.9 Å². The number of nitrogens with zero attached hydrogens (tertiary/aromatic N) is 3. The minimum Gasteiger partial charge on any atom is -0.332 e. The lowest BCUT2D eigenvalue weighted by atomic mass is 10.0. The highest BCUT2D eigenvalue weighted by atomic mass is 32.2. The molecule has 0 fully saturated rings. The summed E-state index contributed by atoms with van der Waals surface area (Å²) in [5.41, 5.74) is 1.82. The van der Waals surface area contributed by atoms with Gasteiger partial charge >= 0.3 is 6.03 Å². The molecule has 2 amide bonds. The standard InChI is InChI=1S/C26H28FN5O3S2/c1-17(2)12-22-14-23(19-7-8-20(24(27)13-19)16-32-11-10-28-18(32)3)25(36-22)37(34,35)31-26(33)30-15-21-6-4-5-9-29-21/h4-11,13-14,17H,12,15-16H2,1-3H3,(H2,30,31,33). The van der Waals surface area contributed by atoms with Crippen LogP contribution in [0.3, 0.4) is 0 Å². The zero-order valence-electron chi connectivity index (χ0n) is 20.7. The Balaban J connectivity index is 1.60. The third-order valence-corrected chi connectivity index (χ3v) is 8.64. The zero-order chi connectivity index (χ0) is 26.6. The van der Waals surface area contributed by atoms with E-state index in [9.17, 15) is 13.2 Å². The molecule has 0 radical (unpaired) electrons. The molecule has 2 N–H and O–H groups in total. The monoisotopic (exact) mass is 541 g/mol. The second kappa shape index (κ2) is 11.2. The molecule has 4 rings (SSSR count). The Labute approximate surface area is 219 Å². The van der Waals surface area contributed by atoms with Crippen LogP contribution in [0.5, 0.6) is 0 Å². The fourth-order valence-corrected chi connectivity index (χ4v) is 6.68. The number of benzene rings is 1. The number of sulfonamides is 1. The molecule has 0 aliphatic rings. The summed E-state index contributed by atoms with van der Waals surface area (Å²) in [5.74, 6) is 0.598. The number of aromatic nitrogens is 3. The molecule has 194 valence electrons. The van der Waals surface area contributed by atoms with Crippen molar-refractivity contribution in [3.63, 3.8) is 0 Å². The lowest BCUT2D eigenvalue weighted by Gasteiger charge is -2.11. The summed E-state index contributed by atoms with van der Waals surface area (Å²) in [7, 11) is -4.23. The van der Waals surface area contributed by atoms with Gasteiger partial charge in [0.1, 0.15) is 15.9 Å². The predicted molar refractivity (Wildman–Crippen MR) is 141 cm³/mol.